The van der Waals surface area contributed by atoms with Crippen LogP contribution in [0.5, 0.6) is 0 Å². The third kappa shape index (κ3) is 2.62. The summed E-state index contributed by atoms with van der Waals surface area (Å²) in [5, 5.41) is 3.55. The predicted molar refractivity (Wildman–Crippen MR) is 104 cm³/mol. The zero-order valence-electron chi connectivity index (χ0n) is 16.6. The number of carbonyl (C=O) groups is 1. The molecule has 0 radical (unpaired) electrons. The number of likely N-dealkylation sites (tertiary alicyclic amines) is 1. The second kappa shape index (κ2) is 6.58. The molecular formula is C22H28N2O4. The van der Waals surface area contributed by atoms with Crippen LogP contribution in [-0.4, -0.2) is 55.7 Å². The van der Waals surface area contributed by atoms with Crippen LogP contribution in [0.15, 0.2) is 36.2 Å². The molecule has 2 fully saturated rings. The molecule has 3 heterocycles. The van der Waals surface area contributed by atoms with Gasteiger partial charge < -0.3 is 24.4 Å². The molecule has 1 saturated heterocycles. The van der Waals surface area contributed by atoms with Gasteiger partial charge in [-0.1, -0.05) is 24.3 Å². The Morgan fingerprint density at radius 1 is 1.11 bits per heavy atom. The molecule has 5 rings (SSSR count). The summed E-state index contributed by atoms with van der Waals surface area (Å²) in [5.41, 5.74) is 1.91. The predicted octanol–water partition coefficient (Wildman–Crippen LogP) is 2.08. The topological polar surface area (TPSA) is 60.0 Å². The molecule has 4 aliphatic rings. The van der Waals surface area contributed by atoms with Gasteiger partial charge in [0.15, 0.2) is 5.78 Å². The molecule has 1 saturated carbocycles. The Kier molecular flexibility index (Phi) is 4.27. The SMILES string of the molecule is COC1CC2(CC1OC)NC(N1CCC3(CC1)OCc1ccccc13)=CC2=O. The molecule has 0 aromatic heterocycles. The lowest BCUT2D eigenvalue weighted by Gasteiger charge is -2.41. The first kappa shape index (κ1) is 18.2. The van der Waals surface area contributed by atoms with Gasteiger partial charge in [-0.3, -0.25) is 4.79 Å². The Labute approximate surface area is 165 Å². The van der Waals surface area contributed by atoms with E-state index >= 15 is 0 Å². The minimum absolute atomic E-state index is 0.0535. The summed E-state index contributed by atoms with van der Waals surface area (Å²) < 4.78 is 17.4. The van der Waals surface area contributed by atoms with Crippen molar-refractivity contribution in [1.82, 2.24) is 10.2 Å². The third-order valence-corrected chi connectivity index (χ3v) is 7.15. The molecule has 150 valence electrons. The standard InChI is InChI=1S/C22H28N2O4/c1-26-17-12-21(13-18(17)27-2)19(25)11-20(23-21)24-9-7-22(8-10-24)16-6-4-3-5-15(16)14-28-22/h3-6,11,17-18,23H,7-10,12-14H2,1-2H3. The van der Waals surface area contributed by atoms with Gasteiger partial charge >= 0.3 is 0 Å². The Hall–Kier alpha value is -1.89. The molecule has 0 amide bonds. The lowest BCUT2D eigenvalue weighted by Crippen LogP contribution is -2.49. The number of piperidine rings is 1. The van der Waals surface area contributed by atoms with Gasteiger partial charge in [0.1, 0.15) is 11.4 Å². The van der Waals surface area contributed by atoms with E-state index in [1.807, 2.05) is 0 Å². The van der Waals surface area contributed by atoms with Gasteiger partial charge in [-0.2, -0.15) is 0 Å². The fraction of sp³-hybridized carbons (Fsp3) is 0.591. The van der Waals surface area contributed by atoms with Crippen LogP contribution < -0.4 is 5.32 Å². The molecule has 1 aromatic rings. The van der Waals surface area contributed by atoms with Gasteiger partial charge in [-0.15, -0.1) is 0 Å². The van der Waals surface area contributed by atoms with Crippen molar-refractivity contribution in [2.45, 2.75) is 55.6 Å². The van der Waals surface area contributed by atoms with E-state index < -0.39 is 5.54 Å². The fourth-order valence-electron chi connectivity index (χ4n) is 5.49. The molecule has 28 heavy (non-hydrogen) atoms. The molecule has 1 aliphatic carbocycles. The molecular weight excluding hydrogens is 356 g/mol. The molecule has 0 bridgehead atoms. The highest BCUT2D eigenvalue weighted by Gasteiger charge is 2.54. The second-order valence-corrected chi connectivity index (χ2v) is 8.48. The Bertz CT molecular complexity index is 801. The van der Waals surface area contributed by atoms with Gasteiger partial charge in [0.25, 0.3) is 0 Å². The first-order valence-electron chi connectivity index (χ1n) is 10.2. The molecule has 1 aromatic carbocycles. The van der Waals surface area contributed by atoms with Crippen LogP contribution >= 0.6 is 0 Å². The van der Waals surface area contributed by atoms with Crippen LogP contribution in [0, 0.1) is 0 Å². The van der Waals surface area contributed by atoms with Gasteiger partial charge in [-0.25, -0.2) is 0 Å². The monoisotopic (exact) mass is 384 g/mol. The van der Waals surface area contributed by atoms with E-state index in [0.29, 0.717) is 19.4 Å². The number of hydrogen-bond acceptors (Lipinski definition) is 6. The van der Waals surface area contributed by atoms with Gasteiger partial charge in [-0.05, 0) is 24.0 Å². The van der Waals surface area contributed by atoms with Crippen molar-refractivity contribution < 1.29 is 19.0 Å². The van der Waals surface area contributed by atoms with Crippen molar-refractivity contribution in [3.63, 3.8) is 0 Å². The van der Waals surface area contributed by atoms with Gasteiger partial charge in [0.05, 0.1) is 24.4 Å². The first-order valence-corrected chi connectivity index (χ1v) is 10.2. The highest BCUT2D eigenvalue weighted by molar-refractivity contribution is 6.01. The number of ketones is 1. The number of benzene rings is 1. The van der Waals surface area contributed by atoms with Crippen LogP contribution in [0.25, 0.3) is 0 Å². The summed E-state index contributed by atoms with van der Waals surface area (Å²) in [6.45, 7) is 2.45. The van der Waals surface area contributed by atoms with E-state index in [0.717, 1.165) is 31.8 Å². The number of fused-ring (bicyclic) bond motifs is 2. The van der Waals surface area contributed by atoms with E-state index in [2.05, 4.69) is 34.5 Å². The molecule has 6 heteroatoms. The number of ether oxygens (including phenoxy) is 3. The van der Waals surface area contributed by atoms with Gasteiger partial charge in [0, 0.05) is 46.2 Å². The highest BCUT2D eigenvalue weighted by atomic mass is 16.5. The zero-order valence-corrected chi connectivity index (χ0v) is 16.6. The van der Waals surface area contributed by atoms with Crippen LogP contribution in [0.4, 0.5) is 0 Å². The summed E-state index contributed by atoms with van der Waals surface area (Å²) in [7, 11) is 3.37. The number of hydrogen-bond donors (Lipinski definition) is 1. The van der Waals surface area contributed by atoms with Crippen molar-refractivity contribution >= 4 is 5.78 Å². The van der Waals surface area contributed by atoms with Crippen LogP contribution in [0.2, 0.25) is 0 Å². The van der Waals surface area contributed by atoms with Crippen molar-refractivity contribution in [2.24, 2.45) is 0 Å². The summed E-state index contributed by atoms with van der Waals surface area (Å²) in [6.07, 6.45) is 4.85. The summed E-state index contributed by atoms with van der Waals surface area (Å²) in [4.78, 5) is 15.2. The fourth-order valence-corrected chi connectivity index (χ4v) is 5.49. The molecule has 2 spiro atoms. The quantitative estimate of drug-likeness (QED) is 0.861. The first-order chi connectivity index (χ1) is 13.6. The molecule has 1 N–H and O–H groups in total. The van der Waals surface area contributed by atoms with E-state index in [-0.39, 0.29) is 23.6 Å². The smallest absolute Gasteiger partial charge is 0.184 e. The highest BCUT2D eigenvalue weighted by Crippen LogP contribution is 2.45. The van der Waals surface area contributed by atoms with Crippen molar-refractivity contribution in [1.29, 1.82) is 0 Å². The summed E-state index contributed by atoms with van der Waals surface area (Å²) in [6, 6.07) is 8.55. The number of methoxy groups -OCH3 is 2. The van der Waals surface area contributed by atoms with E-state index in [1.165, 1.54) is 11.1 Å². The number of nitrogens with zero attached hydrogens (tertiary/aromatic N) is 1. The average molecular weight is 384 g/mol. The van der Waals surface area contributed by atoms with Crippen LogP contribution in [0.3, 0.4) is 0 Å². The maximum absolute atomic E-state index is 12.9. The van der Waals surface area contributed by atoms with Crippen LogP contribution in [-0.2, 0) is 31.2 Å². The third-order valence-electron chi connectivity index (χ3n) is 7.15. The minimum Gasteiger partial charge on any atom is -0.379 e. The maximum atomic E-state index is 12.9. The normalized spacial score (nSPS) is 33.4. The average Bonchev–Trinajstić information content (AvgIpc) is 3.38. The maximum Gasteiger partial charge on any atom is 0.184 e. The lowest BCUT2D eigenvalue weighted by atomic mass is 9.84. The Morgan fingerprint density at radius 3 is 2.46 bits per heavy atom. The lowest BCUT2D eigenvalue weighted by molar-refractivity contribution is -0.119. The van der Waals surface area contributed by atoms with E-state index in [4.69, 9.17) is 14.2 Å². The Morgan fingerprint density at radius 2 is 1.79 bits per heavy atom. The zero-order chi connectivity index (χ0) is 19.4. The number of carbonyl (C=O) groups excluding carboxylic acids is 1. The van der Waals surface area contributed by atoms with Crippen molar-refractivity contribution in [2.75, 3.05) is 27.3 Å². The minimum atomic E-state index is -0.581. The molecule has 2 unspecified atom stereocenters. The molecule has 6 nitrogen and oxygen atoms in total. The molecule has 3 aliphatic heterocycles. The number of nitrogens with one attached hydrogen (secondary N) is 1. The summed E-state index contributed by atoms with van der Waals surface area (Å²) >= 11 is 0. The Balaban J connectivity index is 1.28. The van der Waals surface area contributed by atoms with Gasteiger partial charge in [0.2, 0.25) is 0 Å². The largest absolute Gasteiger partial charge is 0.379 e. The number of rotatable bonds is 3. The van der Waals surface area contributed by atoms with Crippen LogP contribution in [0.1, 0.15) is 36.8 Å². The van der Waals surface area contributed by atoms with Crippen molar-refractivity contribution in [3.8, 4) is 0 Å². The summed E-state index contributed by atoms with van der Waals surface area (Å²) in [5.74, 6) is 1.09. The molecule has 2 atom stereocenters. The van der Waals surface area contributed by atoms with E-state index in [1.54, 1.807) is 20.3 Å². The van der Waals surface area contributed by atoms with Crippen molar-refractivity contribution in [3.05, 3.63) is 47.3 Å². The van der Waals surface area contributed by atoms with E-state index in [9.17, 15) is 4.79 Å². The second-order valence-electron chi connectivity index (χ2n) is 8.48.